The van der Waals surface area contributed by atoms with E-state index in [-0.39, 0.29) is 44.6 Å². The van der Waals surface area contributed by atoms with E-state index >= 15 is 4.39 Å². The largest absolute Gasteiger partial charge is 0.460 e. The van der Waals surface area contributed by atoms with Gasteiger partial charge in [-0.2, -0.15) is 13.2 Å². The van der Waals surface area contributed by atoms with E-state index in [2.05, 4.69) is 15.3 Å². The number of nitrogens with one attached hydrogen (secondary N) is 1. The molecule has 0 unspecified atom stereocenters. The van der Waals surface area contributed by atoms with E-state index in [4.69, 9.17) is 14.6 Å². The molecule has 0 bridgehead atoms. The predicted molar refractivity (Wildman–Crippen MR) is 111 cm³/mol. The lowest BCUT2D eigenvalue weighted by molar-refractivity contribution is -0.137. The van der Waals surface area contributed by atoms with Crippen molar-refractivity contribution in [3.63, 3.8) is 0 Å². The van der Waals surface area contributed by atoms with Crippen molar-refractivity contribution in [2.24, 2.45) is 0 Å². The second-order valence-electron chi connectivity index (χ2n) is 7.19. The highest BCUT2D eigenvalue weighted by atomic mass is 19.4. The standard InChI is InChI=1S/C22H11F5N4O3/c23-14-4-1-9(22(25,26)27)5-15(14)31-20(32)13-7-33-18-11(13)3-2-10(17(18)24)12-6-34-21-16(12)19(28)29-8-30-21/h1-8H,(H,31,32)(H2,28,29,30). The Morgan fingerprint density at radius 3 is 2.56 bits per heavy atom. The van der Waals surface area contributed by atoms with Gasteiger partial charge >= 0.3 is 6.18 Å². The third-order valence-corrected chi connectivity index (χ3v) is 5.16. The zero-order chi connectivity index (χ0) is 24.2. The van der Waals surface area contributed by atoms with Crippen molar-refractivity contribution in [2.45, 2.75) is 6.18 Å². The van der Waals surface area contributed by atoms with Crippen LogP contribution in [0.5, 0.6) is 0 Å². The van der Waals surface area contributed by atoms with E-state index in [0.29, 0.717) is 18.2 Å². The molecule has 0 radical (unpaired) electrons. The number of nitrogens with zero attached hydrogens (tertiary/aromatic N) is 2. The second kappa shape index (κ2) is 7.54. The van der Waals surface area contributed by atoms with Gasteiger partial charge in [-0.25, -0.2) is 18.7 Å². The first-order valence-corrected chi connectivity index (χ1v) is 9.51. The number of aromatic nitrogens is 2. The zero-order valence-corrected chi connectivity index (χ0v) is 16.7. The van der Waals surface area contributed by atoms with Gasteiger partial charge in [0, 0.05) is 16.5 Å². The van der Waals surface area contributed by atoms with Crippen LogP contribution in [0.15, 0.2) is 58.0 Å². The van der Waals surface area contributed by atoms with Crippen LogP contribution in [0, 0.1) is 11.6 Å². The molecular formula is C22H11F5N4O3. The number of furan rings is 2. The number of alkyl halides is 3. The molecule has 3 N–H and O–H groups in total. The summed E-state index contributed by atoms with van der Waals surface area (Å²) in [6.45, 7) is 0. The van der Waals surface area contributed by atoms with Crippen molar-refractivity contribution in [1.29, 1.82) is 0 Å². The van der Waals surface area contributed by atoms with Crippen LogP contribution in [-0.2, 0) is 6.18 Å². The molecule has 0 aliphatic rings. The molecule has 12 heteroatoms. The smallest absolute Gasteiger partial charge is 0.416 e. The van der Waals surface area contributed by atoms with Crippen LogP contribution >= 0.6 is 0 Å². The lowest BCUT2D eigenvalue weighted by Crippen LogP contribution is -2.14. The lowest BCUT2D eigenvalue weighted by atomic mass is 10.0. The summed E-state index contributed by atoms with van der Waals surface area (Å²) >= 11 is 0. The number of amides is 1. The highest BCUT2D eigenvalue weighted by molar-refractivity contribution is 6.13. The molecule has 0 aliphatic carbocycles. The van der Waals surface area contributed by atoms with Crippen molar-refractivity contribution in [1.82, 2.24) is 9.97 Å². The minimum absolute atomic E-state index is 0.0168. The van der Waals surface area contributed by atoms with Crippen molar-refractivity contribution in [2.75, 3.05) is 11.1 Å². The van der Waals surface area contributed by atoms with Gasteiger partial charge in [-0.1, -0.05) is 6.07 Å². The summed E-state index contributed by atoms with van der Waals surface area (Å²) < 4.78 is 78.6. The Labute approximate surface area is 186 Å². The van der Waals surface area contributed by atoms with Crippen LogP contribution in [0.25, 0.3) is 33.2 Å². The van der Waals surface area contributed by atoms with Gasteiger partial charge in [-0.15, -0.1) is 0 Å². The van der Waals surface area contributed by atoms with Crippen LogP contribution in [0.4, 0.5) is 33.5 Å². The van der Waals surface area contributed by atoms with Crippen molar-refractivity contribution < 1.29 is 35.6 Å². The molecule has 2 aromatic carbocycles. The Morgan fingerprint density at radius 1 is 1.00 bits per heavy atom. The minimum Gasteiger partial charge on any atom is -0.460 e. The van der Waals surface area contributed by atoms with E-state index in [0.717, 1.165) is 6.26 Å². The first-order chi connectivity index (χ1) is 16.1. The van der Waals surface area contributed by atoms with E-state index in [1.807, 2.05) is 0 Å². The first kappa shape index (κ1) is 21.4. The topological polar surface area (TPSA) is 107 Å². The molecule has 5 rings (SSSR count). The number of carbonyl (C=O) groups excluding carboxylic acids is 1. The maximum absolute atomic E-state index is 15.3. The van der Waals surface area contributed by atoms with Crippen molar-refractivity contribution in [3.05, 3.63) is 71.9 Å². The second-order valence-corrected chi connectivity index (χ2v) is 7.19. The summed E-state index contributed by atoms with van der Waals surface area (Å²) in [4.78, 5) is 20.4. The molecule has 0 saturated carbocycles. The summed E-state index contributed by atoms with van der Waals surface area (Å²) in [6, 6.07) is 4.30. The van der Waals surface area contributed by atoms with Gasteiger partial charge < -0.3 is 19.9 Å². The van der Waals surface area contributed by atoms with Crippen molar-refractivity contribution in [3.8, 4) is 11.1 Å². The van der Waals surface area contributed by atoms with Gasteiger partial charge in [-0.3, -0.25) is 4.79 Å². The van der Waals surface area contributed by atoms with E-state index in [1.54, 1.807) is 0 Å². The van der Waals surface area contributed by atoms with Crippen LogP contribution < -0.4 is 11.1 Å². The maximum Gasteiger partial charge on any atom is 0.416 e. The number of halogens is 5. The number of nitrogen functional groups attached to an aromatic ring is 1. The fourth-order valence-electron chi connectivity index (χ4n) is 3.53. The number of hydrogen-bond donors (Lipinski definition) is 2. The van der Waals surface area contributed by atoms with Gasteiger partial charge in [0.05, 0.1) is 22.2 Å². The van der Waals surface area contributed by atoms with Crippen LogP contribution in [-0.4, -0.2) is 15.9 Å². The summed E-state index contributed by atoms with van der Waals surface area (Å²) in [5, 5.41) is 2.37. The summed E-state index contributed by atoms with van der Waals surface area (Å²) in [5.41, 5.74) is 3.92. The van der Waals surface area contributed by atoms with Crippen LogP contribution in [0.3, 0.4) is 0 Å². The molecule has 1 amide bonds. The lowest BCUT2D eigenvalue weighted by Gasteiger charge is -2.10. The van der Waals surface area contributed by atoms with Crippen LogP contribution in [0.2, 0.25) is 0 Å². The normalized spacial score (nSPS) is 11.9. The van der Waals surface area contributed by atoms with E-state index in [1.165, 1.54) is 24.7 Å². The Morgan fingerprint density at radius 2 is 1.79 bits per heavy atom. The molecular weight excluding hydrogens is 463 g/mol. The molecule has 172 valence electrons. The summed E-state index contributed by atoms with van der Waals surface area (Å²) in [6.07, 6.45) is -1.38. The summed E-state index contributed by atoms with van der Waals surface area (Å²) in [5.74, 6) is -2.85. The number of hydrogen-bond acceptors (Lipinski definition) is 6. The van der Waals surface area contributed by atoms with Gasteiger partial charge in [0.2, 0.25) is 5.71 Å². The van der Waals surface area contributed by atoms with Crippen molar-refractivity contribution >= 4 is 39.5 Å². The number of carbonyl (C=O) groups is 1. The molecule has 3 heterocycles. The van der Waals surface area contributed by atoms with Gasteiger partial charge in [0.15, 0.2) is 11.4 Å². The minimum atomic E-state index is -4.74. The third-order valence-electron chi connectivity index (χ3n) is 5.16. The maximum atomic E-state index is 15.3. The molecule has 0 aliphatic heterocycles. The average molecular weight is 474 g/mol. The molecule has 34 heavy (non-hydrogen) atoms. The van der Waals surface area contributed by atoms with Gasteiger partial charge in [-0.05, 0) is 24.3 Å². The Balaban J connectivity index is 1.53. The molecule has 0 fully saturated rings. The average Bonchev–Trinajstić information content (AvgIpc) is 3.40. The fraction of sp³-hybridized carbons (Fsp3) is 0.0455. The fourth-order valence-corrected chi connectivity index (χ4v) is 3.53. The number of nitrogens with two attached hydrogens (primary N) is 1. The third kappa shape index (κ3) is 3.39. The molecule has 3 aromatic heterocycles. The summed E-state index contributed by atoms with van der Waals surface area (Å²) in [7, 11) is 0. The van der Waals surface area contributed by atoms with Crippen LogP contribution in [0.1, 0.15) is 15.9 Å². The number of rotatable bonds is 3. The molecule has 0 spiro atoms. The zero-order valence-electron chi connectivity index (χ0n) is 16.7. The molecule has 5 aromatic rings. The van der Waals surface area contributed by atoms with E-state index in [9.17, 15) is 22.4 Å². The Kier molecular flexibility index (Phi) is 4.74. The highest BCUT2D eigenvalue weighted by Gasteiger charge is 2.31. The number of benzene rings is 2. The number of anilines is 2. The first-order valence-electron chi connectivity index (χ1n) is 9.51. The van der Waals surface area contributed by atoms with Gasteiger partial charge in [0.1, 0.15) is 30.5 Å². The predicted octanol–water partition coefficient (Wildman–Crippen LogP) is 5.77. The van der Waals surface area contributed by atoms with Gasteiger partial charge in [0.25, 0.3) is 5.91 Å². The van der Waals surface area contributed by atoms with E-state index < -0.39 is 35.0 Å². The quantitative estimate of drug-likeness (QED) is 0.322. The molecule has 0 saturated heterocycles. The monoisotopic (exact) mass is 474 g/mol. The Hall–Kier alpha value is -4.48. The number of fused-ring (bicyclic) bond motifs is 2. The molecule has 7 nitrogen and oxygen atoms in total. The molecule has 0 atom stereocenters. The SMILES string of the molecule is Nc1ncnc2occ(-c3ccc4c(C(=O)Nc5cc(C(F)(F)F)ccc5F)coc4c3F)c12. The highest BCUT2D eigenvalue weighted by Crippen LogP contribution is 2.38. The Bertz CT molecular complexity index is 1590.